The average Bonchev–Trinajstić information content (AvgIpc) is 3.20. The van der Waals surface area contributed by atoms with Crippen LogP contribution in [0.15, 0.2) is 24.5 Å². The maximum absolute atomic E-state index is 11.5. The first-order chi connectivity index (χ1) is 9.66. The van der Waals surface area contributed by atoms with Crippen molar-refractivity contribution in [1.82, 2.24) is 14.9 Å². The first kappa shape index (κ1) is 12.7. The Morgan fingerprint density at radius 2 is 2.20 bits per heavy atom. The number of carboxylic acid groups (broad SMARTS) is 1. The molecule has 104 valence electrons. The molecule has 1 fully saturated rings. The smallest absolute Gasteiger partial charge is 0.337 e. The van der Waals surface area contributed by atoms with Crippen molar-refractivity contribution in [2.45, 2.75) is 19.4 Å². The quantitative estimate of drug-likeness (QED) is 0.859. The van der Waals surface area contributed by atoms with E-state index in [4.69, 9.17) is 5.11 Å². The minimum atomic E-state index is -0.983. The van der Waals surface area contributed by atoms with E-state index in [2.05, 4.69) is 10.3 Å². The van der Waals surface area contributed by atoms with Gasteiger partial charge in [0.2, 0.25) is 5.91 Å². The summed E-state index contributed by atoms with van der Waals surface area (Å²) >= 11 is 0. The molecule has 6 nitrogen and oxygen atoms in total. The number of carbonyl (C=O) groups is 2. The Labute approximate surface area is 115 Å². The van der Waals surface area contributed by atoms with Crippen LogP contribution >= 0.6 is 0 Å². The van der Waals surface area contributed by atoms with Crippen molar-refractivity contribution in [3.05, 3.63) is 30.1 Å². The molecule has 1 amide bonds. The summed E-state index contributed by atoms with van der Waals surface area (Å²) in [5, 5.41) is 12.0. The molecule has 1 aromatic heterocycles. The fourth-order valence-electron chi connectivity index (χ4n) is 2.23. The number of rotatable bonds is 5. The van der Waals surface area contributed by atoms with E-state index in [1.54, 1.807) is 12.4 Å². The number of benzene rings is 1. The molecule has 20 heavy (non-hydrogen) atoms. The molecular formula is C14H15N3O3. The van der Waals surface area contributed by atoms with E-state index >= 15 is 0 Å². The van der Waals surface area contributed by atoms with Gasteiger partial charge in [-0.1, -0.05) is 6.07 Å². The van der Waals surface area contributed by atoms with Crippen LogP contribution in [0.3, 0.4) is 0 Å². The van der Waals surface area contributed by atoms with Crippen molar-refractivity contribution in [3.63, 3.8) is 0 Å². The molecule has 0 aliphatic heterocycles. The van der Waals surface area contributed by atoms with Gasteiger partial charge in [-0.2, -0.15) is 0 Å². The summed E-state index contributed by atoms with van der Waals surface area (Å²) in [6, 6.07) is 5.07. The molecule has 0 bridgehead atoms. The van der Waals surface area contributed by atoms with Gasteiger partial charge >= 0.3 is 5.97 Å². The number of para-hydroxylation sites is 1. The highest BCUT2D eigenvalue weighted by Crippen LogP contribution is 2.28. The number of hydrogen-bond donors (Lipinski definition) is 2. The highest BCUT2D eigenvalue weighted by atomic mass is 16.4. The number of aromatic nitrogens is 2. The highest BCUT2D eigenvalue weighted by Gasteiger charge is 2.29. The molecule has 1 aliphatic carbocycles. The standard InChI is InChI=1S/C14H15N3O3/c18-13(9-4-5-9)15-6-7-17-8-16-12-10(14(19)20)2-1-3-11(12)17/h1-3,8-9H,4-7H2,(H,15,18)(H,19,20). The lowest BCUT2D eigenvalue weighted by Crippen LogP contribution is -2.28. The van der Waals surface area contributed by atoms with Crippen LogP contribution in [0.5, 0.6) is 0 Å². The molecule has 0 spiro atoms. The maximum atomic E-state index is 11.5. The number of amides is 1. The lowest BCUT2D eigenvalue weighted by atomic mass is 10.2. The summed E-state index contributed by atoms with van der Waals surface area (Å²) in [6.45, 7) is 1.11. The van der Waals surface area contributed by atoms with Crippen LogP contribution < -0.4 is 5.32 Å². The Hall–Kier alpha value is -2.37. The number of carbonyl (C=O) groups excluding carboxylic acids is 1. The van der Waals surface area contributed by atoms with Crippen molar-refractivity contribution >= 4 is 22.9 Å². The van der Waals surface area contributed by atoms with Crippen LogP contribution in [0.4, 0.5) is 0 Å². The molecule has 1 aliphatic rings. The summed E-state index contributed by atoms with van der Waals surface area (Å²) in [5.41, 5.74) is 1.45. The van der Waals surface area contributed by atoms with Gasteiger partial charge in [0.05, 0.1) is 17.4 Å². The van der Waals surface area contributed by atoms with Crippen LogP contribution in [0, 0.1) is 5.92 Å². The van der Waals surface area contributed by atoms with Crippen molar-refractivity contribution in [2.75, 3.05) is 6.54 Å². The third kappa shape index (κ3) is 2.36. The molecule has 2 aromatic rings. The summed E-state index contributed by atoms with van der Waals surface area (Å²) in [5.74, 6) is -0.670. The van der Waals surface area contributed by atoms with Gasteiger partial charge in [-0.25, -0.2) is 9.78 Å². The largest absolute Gasteiger partial charge is 0.478 e. The zero-order valence-corrected chi connectivity index (χ0v) is 10.9. The Morgan fingerprint density at radius 3 is 2.90 bits per heavy atom. The number of carboxylic acids is 1. The van der Waals surface area contributed by atoms with E-state index in [9.17, 15) is 9.59 Å². The summed E-state index contributed by atoms with van der Waals surface area (Å²) in [6.07, 6.45) is 3.59. The Bertz CT molecular complexity index is 673. The lowest BCUT2D eigenvalue weighted by Gasteiger charge is -2.06. The second kappa shape index (κ2) is 4.96. The fraction of sp³-hybridized carbons (Fsp3) is 0.357. The molecule has 1 heterocycles. The fourth-order valence-corrected chi connectivity index (χ4v) is 2.23. The number of aromatic carboxylic acids is 1. The summed E-state index contributed by atoms with van der Waals surface area (Å²) in [7, 11) is 0. The van der Waals surface area contributed by atoms with Crippen molar-refractivity contribution in [3.8, 4) is 0 Å². The molecule has 0 radical (unpaired) electrons. The molecule has 1 aromatic carbocycles. The van der Waals surface area contributed by atoms with E-state index in [1.165, 1.54) is 6.07 Å². The number of imidazole rings is 1. The minimum Gasteiger partial charge on any atom is -0.478 e. The third-order valence-electron chi connectivity index (χ3n) is 3.48. The van der Waals surface area contributed by atoms with Gasteiger partial charge in [0.15, 0.2) is 0 Å². The van der Waals surface area contributed by atoms with Crippen molar-refractivity contribution in [2.24, 2.45) is 5.92 Å². The predicted molar refractivity (Wildman–Crippen MR) is 72.4 cm³/mol. The van der Waals surface area contributed by atoms with Crippen LogP contribution in [0.2, 0.25) is 0 Å². The summed E-state index contributed by atoms with van der Waals surface area (Å²) < 4.78 is 1.86. The average molecular weight is 273 g/mol. The normalized spacial score (nSPS) is 14.4. The molecule has 2 N–H and O–H groups in total. The van der Waals surface area contributed by atoms with E-state index in [0.29, 0.717) is 18.6 Å². The molecule has 0 atom stereocenters. The van der Waals surface area contributed by atoms with E-state index in [0.717, 1.165) is 18.4 Å². The number of hydrogen-bond acceptors (Lipinski definition) is 3. The molecule has 1 saturated carbocycles. The van der Waals surface area contributed by atoms with E-state index < -0.39 is 5.97 Å². The zero-order chi connectivity index (χ0) is 14.1. The van der Waals surface area contributed by atoms with Gasteiger partial charge < -0.3 is 15.0 Å². The third-order valence-corrected chi connectivity index (χ3v) is 3.48. The van der Waals surface area contributed by atoms with Gasteiger partial charge in [0, 0.05) is 19.0 Å². The zero-order valence-electron chi connectivity index (χ0n) is 10.9. The second-order valence-electron chi connectivity index (χ2n) is 4.98. The molecule has 3 rings (SSSR count). The number of nitrogens with one attached hydrogen (secondary N) is 1. The maximum Gasteiger partial charge on any atom is 0.337 e. The van der Waals surface area contributed by atoms with Crippen molar-refractivity contribution < 1.29 is 14.7 Å². The van der Waals surface area contributed by atoms with Gasteiger partial charge in [-0.3, -0.25) is 4.79 Å². The van der Waals surface area contributed by atoms with Crippen LogP contribution in [-0.2, 0) is 11.3 Å². The number of fused-ring (bicyclic) bond motifs is 1. The monoisotopic (exact) mass is 273 g/mol. The van der Waals surface area contributed by atoms with E-state index in [1.807, 2.05) is 10.6 Å². The molecule has 6 heteroatoms. The van der Waals surface area contributed by atoms with Crippen molar-refractivity contribution in [1.29, 1.82) is 0 Å². The first-order valence-electron chi connectivity index (χ1n) is 6.61. The predicted octanol–water partition coefficient (Wildman–Crippen LogP) is 1.26. The van der Waals surface area contributed by atoms with Crippen LogP contribution in [0.25, 0.3) is 11.0 Å². The molecule has 0 saturated heterocycles. The number of nitrogens with zero attached hydrogens (tertiary/aromatic N) is 2. The van der Waals surface area contributed by atoms with Gasteiger partial charge in [0.25, 0.3) is 0 Å². The van der Waals surface area contributed by atoms with Crippen LogP contribution in [0.1, 0.15) is 23.2 Å². The second-order valence-corrected chi connectivity index (χ2v) is 4.98. The Balaban J connectivity index is 1.73. The molecular weight excluding hydrogens is 258 g/mol. The SMILES string of the molecule is O=C(O)c1cccc2c1ncn2CCNC(=O)C1CC1. The topological polar surface area (TPSA) is 84.2 Å². The Morgan fingerprint density at radius 1 is 1.40 bits per heavy atom. The van der Waals surface area contributed by atoms with Gasteiger partial charge in [0.1, 0.15) is 5.52 Å². The Kier molecular flexibility index (Phi) is 3.14. The van der Waals surface area contributed by atoms with Gasteiger partial charge in [-0.05, 0) is 25.0 Å². The first-order valence-corrected chi connectivity index (χ1v) is 6.61. The van der Waals surface area contributed by atoms with Crippen LogP contribution in [-0.4, -0.2) is 33.1 Å². The minimum absolute atomic E-state index is 0.112. The summed E-state index contributed by atoms with van der Waals surface area (Å²) in [4.78, 5) is 26.8. The highest BCUT2D eigenvalue weighted by molar-refractivity contribution is 6.00. The lowest BCUT2D eigenvalue weighted by molar-refractivity contribution is -0.122. The molecule has 0 unspecified atom stereocenters. The van der Waals surface area contributed by atoms with E-state index in [-0.39, 0.29) is 17.4 Å². The van der Waals surface area contributed by atoms with Gasteiger partial charge in [-0.15, -0.1) is 0 Å².